The van der Waals surface area contributed by atoms with Crippen LogP contribution in [-0.2, 0) is 4.74 Å². The third-order valence-electron chi connectivity index (χ3n) is 3.15. The summed E-state index contributed by atoms with van der Waals surface area (Å²) in [6.45, 7) is 9.85. The van der Waals surface area contributed by atoms with Gasteiger partial charge in [-0.05, 0) is 45.7 Å². The highest BCUT2D eigenvalue weighted by molar-refractivity contribution is 4.70. The second kappa shape index (κ2) is 8.04. The maximum absolute atomic E-state index is 5.51. The van der Waals surface area contributed by atoms with E-state index in [4.69, 9.17) is 4.74 Å². The topological polar surface area (TPSA) is 24.5 Å². The first-order chi connectivity index (χ1) is 7.72. The number of nitrogens with one attached hydrogen (secondary N) is 1. The highest BCUT2D eigenvalue weighted by Gasteiger charge is 2.16. The summed E-state index contributed by atoms with van der Waals surface area (Å²) in [7, 11) is 2.22. The second-order valence-corrected chi connectivity index (χ2v) is 5.16. The maximum atomic E-state index is 5.51. The van der Waals surface area contributed by atoms with Crippen LogP contribution in [0.25, 0.3) is 0 Å². The largest absolute Gasteiger partial charge is 0.381 e. The lowest BCUT2D eigenvalue weighted by Crippen LogP contribution is -2.40. The number of ether oxygens (including phenoxy) is 1. The van der Waals surface area contributed by atoms with E-state index in [0.717, 1.165) is 32.2 Å². The van der Waals surface area contributed by atoms with Crippen molar-refractivity contribution in [1.82, 2.24) is 10.2 Å². The summed E-state index contributed by atoms with van der Waals surface area (Å²) >= 11 is 0. The molecule has 1 N–H and O–H groups in total. The summed E-state index contributed by atoms with van der Waals surface area (Å²) in [5, 5.41) is 3.53. The quantitative estimate of drug-likeness (QED) is 0.718. The normalized spacial score (nSPS) is 23.6. The number of likely N-dealkylation sites (N-methyl/N-ethyl adjacent to an activating group) is 1. The Morgan fingerprint density at radius 3 is 2.94 bits per heavy atom. The fourth-order valence-corrected chi connectivity index (χ4v) is 2.39. The Morgan fingerprint density at radius 2 is 2.31 bits per heavy atom. The minimum Gasteiger partial charge on any atom is -0.381 e. The molecule has 1 rings (SSSR count). The Labute approximate surface area is 101 Å². The van der Waals surface area contributed by atoms with Gasteiger partial charge < -0.3 is 15.0 Å². The minimum absolute atomic E-state index is 0.592. The Kier molecular flexibility index (Phi) is 7.01. The van der Waals surface area contributed by atoms with Crippen LogP contribution in [0.3, 0.4) is 0 Å². The van der Waals surface area contributed by atoms with E-state index in [1.807, 2.05) is 0 Å². The van der Waals surface area contributed by atoms with Crippen LogP contribution in [-0.4, -0.2) is 50.8 Å². The average Bonchev–Trinajstić information content (AvgIpc) is 2.27. The summed E-state index contributed by atoms with van der Waals surface area (Å²) < 4.78 is 5.51. The van der Waals surface area contributed by atoms with E-state index in [1.54, 1.807) is 0 Å². The zero-order chi connectivity index (χ0) is 11.8. The van der Waals surface area contributed by atoms with Gasteiger partial charge in [0, 0.05) is 25.7 Å². The molecule has 0 aromatic carbocycles. The van der Waals surface area contributed by atoms with Crippen molar-refractivity contribution < 1.29 is 4.74 Å². The van der Waals surface area contributed by atoms with E-state index < -0.39 is 0 Å². The summed E-state index contributed by atoms with van der Waals surface area (Å²) in [6, 6.07) is 0.592. The van der Waals surface area contributed by atoms with E-state index >= 15 is 0 Å². The molecule has 2 unspecified atom stereocenters. The molecule has 1 fully saturated rings. The molecule has 1 aliphatic heterocycles. The van der Waals surface area contributed by atoms with E-state index in [1.165, 1.54) is 25.8 Å². The number of hydrogen-bond acceptors (Lipinski definition) is 3. The molecular formula is C13H28N2O. The monoisotopic (exact) mass is 228 g/mol. The molecule has 3 nitrogen and oxygen atoms in total. The van der Waals surface area contributed by atoms with Crippen molar-refractivity contribution in [3.8, 4) is 0 Å². The van der Waals surface area contributed by atoms with Crippen LogP contribution in [0.5, 0.6) is 0 Å². The molecule has 96 valence electrons. The van der Waals surface area contributed by atoms with E-state index in [2.05, 4.69) is 31.1 Å². The maximum Gasteiger partial charge on any atom is 0.0506 e. The lowest BCUT2D eigenvalue weighted by molar-refractivity contribution is 0.0412. The molecule has 1 saturated heterocycles. The first-order valence-corrected chi connectivity index (χ1v) is 6.72. The second-order valence-electron chi connectivity index (χ2n) is 5.16. The molecule has 0 amide bonds. The zero-order valence-corrected chi connectivity index (χ0v) is 11.2. The van der Waals surface area contributed by atoms with E-state index in [0.29, 0.717) is 6.04 Å². The Balaban J connectivity index is 2.11. The van der Waals surface area contributed by atoms with Gasteiger partial charge in [-0.15, -0.1) is 0 Å². The molecule has 3 heteroatoms. The van der Waals surface area contributed by atoms with E-state index in [-0.39, 0.29) is 0 Å². The Bertz CT molecular complexity index is 169. The third kappa shape index (κ3) is 5.83. The van der Waals surface area contributed by atoms with Gasteiger partial charge in [0.25, 0.3) is 0 Å². The highest BCUT2D eigenvalue weighted by Crippen LogP contribution is 2.14. The predicted octanol–water partition coefficient (Wildman–Crippen LogP) is 1.73. The van der Waals surface area contributed by atoms with Gasteiger partial charge in [-0.2, -0.15) is 0 Å². The summed E-state index contributed by atoms with van der Waals surface area (Å²) in [4.78, 5) is 2.44. The van der Waals surface area contributed by atoms with Crippen LogP contribution < -0.4 is 5.32 Å². The predicted molar refractivity (Wildman–Crippen MR) is 68.8 cm³/mol. The average molecular weight is 228 g/mol. The van der Waals surface area contributed by atoms with Crippen molar-refractivity contribution in [2.24, 2.45) is 5.92 Å². The number of rotatable bonds is 7. The smallest absolute Gasteiger partial charge is 0.0506 e. The molecule has 0 bridgehead atoms. The first kappa shape index (κ1) is 13.9. The summed E-state index contributed by atoms with van der Waals surface area (Å²) in [5.41, 5.74) is 0. The van der Waals surface area contributed by atoms with Crippen LogP contribution in [0, 0.1) is 5.92 Å². The van der Waals surface area contributed by atoms with Gasteiger partial charge in [0.15, 0.2) is 0 Å². The van der Waals surface area contributed by atoms with Crippen molar-refractivity contribution in [2.75, 3.05) is 39.9 Å². The molecule has 16 heavy (non-hydrogen) atoms. The molecule has 0 saturated carbocycles. The van der Waals surface area contributed by atoms with Crippen molar-refractivity contribution in [3.63, 3.8) is 0 Å². The highest BCUT2D eigenvalue weighted by atomic mass is 16.5. The molecular weight excluding hydrogens is 200 g/mol. The van der Waals surface area contributed by atoms with Crippen LogP contribution in [0.2, 0.25) is 0 Å². The lowest BCUT2D eigenvalue weighted by Gasteiger charge is -2.28. The minimum atomic E-state index is 0.592. The molecule has 0 aromatic heterocycles. The fraction of sp³-hybridized carbons (Fsp3) is 1.00. The molecule has 1 heterocycles. The van der Waals surface area contributed by atoms with Crippen molar-refractivity contribution in [3.05, 3.63) is 0 Å². The Morgan fingerprint density at radius 1 is 1.50 bits per heavy atom. The summed E-state index contributed by atoms with van der Waals surface area (Å²) in [6.07, 6.45) is 3.79. The summed E-state index contributed by atoms with van der Waals surface area (Å²) in [5.74, 6) is 0.747. The van der Waals surface area contributed by atoms with Gasteiger partial charge in [0.2, 0.25) is 0 Å². The van der Waals surface area contributed by atoms with Crippen molar-refractivity contribution >= 4 is 0 Å². The molecule has 0 radical (unpaired) electrons. The van der Waals surface area contributed by atoms with Gasteiger partial charge in [0.1, 0.15) is 0 Å². The standard InChI is InChI=1S/C13H28N2O/c1-4-7-14-12(2)9-15(3)10-13-6-5-8-16-11-13/h12-14H,4-11H2,1-3H3. The Hall–Kier alpha value is -0.120. The van der Waals surface area contributed by atoms with Gasteiger partial charge in [-0.25, -0.2) is 0 Å². The van der Waals surface area contributed by atoms with Crippen LogP contribution >= 0.6 is 0 Å². The van der Waals surface area contributed by atoms with Crippen molar-refractivity contribution in [1.29, 1.82) is 0 Å². The SMILES string of the molecule is CCCNC(C)CN(C)CC1CCCOC1. The first-order valence-electron chi connectivity index (χ1n) is 6.72. The van der Waals surface area contributed by atoms with Gasteiger partial charge in [-0.3, -0.25) is 0 Å². The molecule has 1 aliphatic rings. The number of hydrogen-bond donors (Lipinski definition) is 1. The van der Waals surface area contributed by atoms with Crippen molar-refractivity contribution in [2.45, 2.75) is 39.2 Å². The van der Waals surface area contributed by atoms with Gasteiger partial charge in [-0.1, -0.05) is 6.92 Å². The molecule has 0 aromatic rings. The van der Waals surface area contributed by atoms with Crippen LogP contribution in [0.15, 0.2) is 0 Å². The molecule has 0 aliphatic carbocycles. The van der Waals surface area contributed by atoms with Gasteiger partial charge >= 0.3 is 0 Å². The van der Waals surface area contributed by atoms with Crippen LogP contribution in [0.4, 0.5) is 0 Å². The number of nitrogens with zero attached hydrogens (tertiary/aromatic N) is 1. The fourth-order valence-electron chi connectivity index (χ4n) is 2.39. The third-order valence-corrected chi connectivity index (χ3v) is 3.15. The zero-order valence-electron chi connectivity index (χ0n) is 11.2. The van der Waals surface area contributed by atoms with Crippen LogP contribution in [0.1, 0.15) is 33.1 Å². The molecule has 0 spiro atoms. The lowest BCUT2D eigenvalue weighted by atomic mass is 10.0. The van der Waals surface area contributed by atoms with E-state index in [9.17, 15) is 0 Å². The van der Waals surface area contributed by atoms with Gasteiger partial charge in [0.05, 0.1) is 6.61 Å². The molecule has 2 atom stereocenters.